The molecule has 2 aromatic carbocycles. The minimum absolute atomic E-state index is 0.0394. The van der Waals surface area contributed by atoms with Gasteiger partial charge in [0.15, 0.2) is 0 Å². The second-order valence-electron chi connectivity index (χ2n) is 7.74. The summed E-state index contributed by atoms with van der Waals surface area (Å²) in [5.74, 6) is 3.77. The molecule has 1 fully saturated rings. The smallest absolute Gasteiger partial charge is 0.407 e. The van der Waals surface area contributed by atoms with E-state index in [-0.39, 0.29) is 24.4 Å². The first kappa shape index (κ1) is 22.7. The van der Waals surface area contributed by atoms with Crippen molar-refractivity contribution >= 4 is 29.7 Å². The van der Waals surface area contributed by atoms with Crippen molar-refractivity contribution in [1.82, 2.24) is 10.2 Å². The Morgan fingerprint density at radius 3 is 2.36 bits per heavy atom. The Morgan fingerprint density at radius 2 is 1.76 bits per heavy atom. The lowest BCUT2D eigenvalue weighted by molar-refractivity contribution is -0.147. The van der Waals surface area contributed by atoms with Gasteiger partial charge >= 0.3 is 12.1 Å². The Morgan fingerprint density at radius 1 is 1.12 bits per heavy atom. The number of amides is 2. The minimum Gasteiger partial charge on any atom is -0.480 e. The van der Waals surface area contributed by atoms with E-state index in [9.17, 15) is 19.5 Å². The molecule has 2 aromatic rings. The van der Waals surface area contributed by atoms with E-state index in [2.05, 4.69) is 29.3 Å². The highest BCUT2D eigenvalue weighted by molar-refractivity contribution is 8.00. The predicted octanol–water partition coefficient (Wildman–Crippen LogP) is 3.29. The normalized spacial score (nSPS) is 18.6. The zero-order chi connectivity index (χ0) is 23.4. The van der Waals surface area contributed by atoms with Gasteiger partial charge in [-0.25, -0.2) is 9.59 Å². The van der Waals surface area contributed by atoms with E-state index >= 15 is 0 Å². The zero-order valence-electron chi connectivity index (χ0n) is 18.1. The van der Waals surface area contributed by atoms with Gasteiger partial charge in [-0.1, -0.05) is 61.4 Å². The van der Waals surface area contributed by atoms with Gasteiger partial charge in [-0.3, -0.25) is 4.79 Å². The maximum Gasteiger partial charge on any atom is 0.407 e. The van der Waals surface area contributed by atoms with Crippen LogP contribution in [0.3, 0.4) is 0 Å². The topological polar surface area (TPSA) is 95.9 Å². The quantitative estimate of drug-likeness (QED) is 0.660. The van der Waals surface area contributed by atoms with E-state index in [1.165, 1.54) is 16.7 Å². The Balaban J connectivity index is 1.31. The summed E-state index contributed by atoms with van der Waals surface area (Å²) in [5, 5.41) is 11.7. The molecule has 2 amide bonds. The van der Waals surface area contributed by atoms with Crippen LogP contribution in [-0.4, -0.2) is 58.3 Å². The van der Waals surface area contributed by atoms with Gasteiger partial charge < -0.3 is 20.1 Å². The Bertz CT molecular complexity index is 1090. The average molecular weight is 465 g/mol. The molecular formula is C25H24N2O5S. The summed E-state index contributed by atoms with van der Waals surface area (Å²) in [6.45, 7) is 2.02. The molecule has 1 saturated heterocycles. The van der Waals surface area contributed by atoms with E-state index < -0.39 is 24.0 Å². The number of carboxylic acid groups (broad SMARTS) is 1. The fraction of sp³-hybridized carbons (Fsp3) is 0.320. The maximum absolute atomic E-state index is 12.4. The van der Waals surface area contributed by atoms with Gasteiger partial charge in [0, 0.05) is 11.7 Å². The van der Waals surface area contributed by atoms with Crippen LogP contribution in [-0.2, 0) is 14.3 Å². The second-order valence-corrected chi connectivity index (χ2v) is 8.95. The number of hydrogen-bond acceptors (Lipinski definition) is 5. The van der Waals surface area contributed by atoms with Gasteiger partial charge in [0.05, 0.1) is 11.9 Å². The first-order chi connectivity index (χ1) is 16.0. The molecular weight excluding hydrogens is 440 g/mol. The lowest BCUT2D eigenvalue weighted by atomic mass is 9.98. The summed E-state index contributed by atoms with van der Waals surface area (Å²) in [6.07, 6.45) is 0.0186. The minimum atomic E-state index is -1.04. The molecule has 0 aromatic heterocycles. The molecule has 2 unspecified atom stereocenters. The van der Waals surface area contributed by atoms with Crippen LogP contribution in [0.2, 0.25) is 0 Å². The molecule has 0 radical (unpaired) electrons. The van der Waals surface area contributed by atoms with E-state index in [0.29, 0.717) is 12.2 Å². The lowest BCUT2D eigenvalue weighted by Crippen LogP contribution is -2.45. The Labute approximate surface area is 196 Å². The lowest BCUT2D eigenvalue weighted by Gasteiger charge is -2.24. The summed E-state index contributed by atoms with van der Waals surface area (Å²) in [5.41, 5.74) is 4.55. The number of benzene rings is 2. The van der Waals surface area contributed by atoms with Gasteiger partial charge in [0.2, 0.25) is 0 Å². The van der Waals surface area contributed by atoms with Gasteiger partial charge in [0.1, 0.15) is 12.6 Å². The molecule has 4 rings (SSSR count). The summed E-state index contributed by atoms with van der Waals surface area (Å²) in [6, 6.07) is 15.3. The SMILES string of the molecule is CCC1SCC(C(=O)O)N1C(=O)C#CCNC(=O)OCC1c2ccccc2-c2ccccc21. The number of carbonyl (C=O) groups is 3. The number of aliphatic carboxylic acids is 1. The molecule has 0 spiro atoms. The maximum atomic E-state index is 12.4. The third-order valence-corrected chi connectivity index (χ3v) is 7.27. The van der Waals surface area contributed by atoms with Gasteiger partial charge in [-0.05, 0) is 34.6 Å². The highest BCUT2D eigenvalue weighted by Gasteiger charge is 2.40. The number of fused-ring (bicyclic) bond motifs is 3. The monoisotopic (exact) mass is 464 g/mol. The van der Waals surface area contributed by atoms with Crippen LogP contribution in [0.25, 0.3) is 11.1 Å². The molecule has 1 aliphatic heterocycles. The molecule has 0 saturated carbocycles. The predicted molar refractivity (Wildman–Crippen MR) is 126 cm³/mol. The molecule has 2 aliphatic rings. The van der Waals surface area contributed by atoms with Gasteiger partial charge in [-0.2, -0.15) is 0 Å². The van der Waals surface area contributed by atoms with Crippen LogP contribution in [0.1, 0.15) is 30.4 Å². The fourth-order valence-corrected chi connectivity index (χ4v) is 5.64. The van der Waals surface area contributed by atoms with Crippen molar-refractivity contribution in [2.75, 3.05) is 18.9 Å². The number of carbonyl (C=O) groups excluding carboxylic acids is 2. The molecule has 1 heterocycles. The van der Waals surface area contributed by atoms with Crippen molar-refractivity contribution in [2.45, 2.75) is 30.7 Å². The Kier molecular flexibility index (Phi) is 6.90. The third kappa shape index (κ3) is 4.69. The van der Waals surface area contributed by atoms with Crippen LogP contribution in [0, 0.1) is 11.8 Å². The molecule has 0 bridgehead atoms. The molecule has 170 valence electrons. The van der Waals surface area contributed by atoms with Crippen molar-refractivity contribution in [3.05, 3.63) is 59.7 Å². The van der Waals surface area contributed by atoms with Crippen molar-refractivity contribution in [3.63, 3.8) is 0 Å². The summed E-state index contributed by atoms with van der Waals surface area (Å²) >= 11 is 1.44. The number of carboxylic acids is 1. The average Bonchev–Trinajstić information content (AvgIpc) is 3.40. The van der Waals surface area contributed by atoms with E-state index in [4.69, 9.17) is 4.74 Å². The number of thioether (sulfide) groups is 1. The van der Waals surface area contributed by atoms with Crippen LogP contribution in [0.15, 0.2) is 48.5 Å². The van der Waals surface area contributed by atoms with Crippen LogP contribution in [0.4, 0.5) is 4.79 Å². The van der Waals surface area contributed by atoms with Gasteiger partial charge in [-0.15, -0.1) is 11.8 Å². The number of alkyl carbamates (subject to hydrolysis) is 1. The highest BCUT2D eigenvalue weighted by atomic mass is 32.2. The summed E-state index contributed by atoms with van der Waals surface area (Å²) in [7, 11) is 0. The number of ether oxygens (including phenoxy) is 1. The van der Waals surface area contributed by atoms with Crippen LogP contribution >= 0.6 is 11.8 Å². The molecule has 7 nitrogen and oxygen atoms in total. The van der Waals surface area contributed by atoms with E-state index in [1.54, 1.807) is 0 Å². The van der Waals surface area contributed by atoms with E-state index in [0.717, 1.165) is 22.3 Å². The van der Waals surface area contributed by atoms with Gasteiger partial charge in [0.25, 0.3) is 5.91 Å². The van der Waals surface area contributed by atoms with Crippen molar-refractivity contribution < 1.29 is 24.2 Å². The molecule has 2 atom stereocenters. The molecule has 1 aliphatic carbocycles. The highest BCUT2D eigenvalue weighted by Crippen LogP contribution is 2.44. The number of rotatable bonds is 5. The van der Waals surface area contributed by atoms with Crippen molar-refractivity contribution in [2.24, 2.45) is 0 Å². The third-order valence-electron chi connectivity index (χ3n) is 5.82. The van der Waals surface area contributed by atoms with Crippen molar-refractivity contribution in [1.29, 1.82) is 0 Å². The number of hydrogen-bond donors (Lipinski definition) is 2. The zero-order valence-corrected chi connectivity index (χ0v) is 18.9. The van der Waals surface area contributed by atoms with Crippen LogP contribution in [0.5, 0.6) is 0 Å². The standard InChI is InChI=1S/C25H24N2O5S/c1-2-23-27(21(15-33-23)24(29)30)22(28)12-7-13-26-25(31)32-14-20-18-10-5-3-8-16(18)17-9-4-6-11-19(17)20/h3-6,8-11,20-21,23H,2,13-15H2,1H3,(H,26,31)(H,29,30). The number of nitrogens with zero attached hydrogens (tertiary/aromatic N) is 1. The van der Waals surface area contributed by atoms with Crippen LogP contribution < -0.4 is 5.32 Å². The number of nitrogens with one attached hydrogen (secondary N) is 1. The summed E-state index contributed by atoms with van der Waals surface area (Å²) in [4.78, 5) is 37.3. The second kappa shape index (κ2) is 10.0. The summed E-state index contributed by atoms with van der Waals surface area (Å²) < 4.78 is 5.44. The Hall–Kier alpha value is -3.44. The first-order valence-corrected chi connectivity index (χ1v) is 11.8. The molecule has 8 heteroatoms. The largest absolute Gasteiger partial charge is 0.480 e. The van der Waals surface area contributed by atoms with Crippen molar-refractivity contribution in [3.8, 4) is 23.0 Å². The fourth-order valence-electron chi connectivity index (χ4n) is 4.29. The molecule has 2 N–H and O–H groups in total. The van der Waals surface area contributed by atoms with E-state index in [1.807, 2.05) is 43.3 Å². The first-order valence-electron chi connectivity index (χ1n) is 10.8. The molecule has 33 heavy (non-hydrogen) atoms.